The van der Waals surface area contributed by atoms with Gasteiger partial charge in [-0.25, -0.2) is 4.79 Å². The maximum atomic E-state index is 13.6. The Morgan fingerprint density at radius 2 is 1.81 bits per heavy atom. The van der Waals surface area contributed by atoms with Crippen molar-refractivity contribution < 1.29 is 24.2 Å². The summed E-state index contributed by atoms with van der Waals surface area (Å²) in [6.07, 6.45) is 5.33. The van der Waals surface area contributed by atoms with E-state index in [2.05, 4.69) is 46.8 Å². The summed E-state index contributed by atoms with van der Waals surface area (Å²) in [5, 5.41) is 11.4. The van der Waals surface area contributed by atoms with E-state index in [1.165, 1.54) is 5.56 Å². The lowest BCUT2D eigenvalue weighted by molar-refractivity contribution is -0.287. The van der Waals surface area contributed by atoms with E-state index in [0.717, 1.165) is 38.5 Å². The molecule has 0 radical (unpaired) electrons. The van der Waals surface area contributed by atoms with Crippen LogP contribution in [0.4, 0.5) is 0 Å². The van der Waals surface area contributed by atoms with Crippen molar-refractivity contribution in [1.29, 1.82) is 0 Å². The lowest BCUT2D eigenvalue weighted by atomic mass is 9.85. The average Bonchev–Trinajstić information content (AvgIpc) is 2.87. The van der Waals surface area contributed by atoms with Gasteiger partial charge in [0.2, 0.25) is 5.91 Å². The van der Waals surface area contributed by atoms with E-state index < -0.39 is 11.8 Å². The Hall–Kier alpha value is -1.92. The van der Waals surface area contributed by atoms with E-state index in [0.29, 0.717) is 13.0 Å². The highest BCUT2D eigenvalue weighted by atomic mass is 16.6. The van der Waals surface area contributed by atoms with Crippen LogP contribution in [-0.4, -0.2) is 52.5 Å². The quantitative estimate of drug-likeness (QED) is 0.401. The summed E-state index contributed by atoms with van der Waals surface area (Å²) in [6, 6.07) is 9.71. The highest BCUT2D eigenvalue weighted by Gasteiger charge is 2.46. The molecule has 6 nitrogen and oxygen atoms in total. The summed E-state index contributed by atoms with van der Waals surface area (Å²) >= 11 is 0. The van der Waals surface area contributed by atoms with E-state index in [1.54, 1.807) is 4.90 Å². The number of piperidine rings is 1. The fraction of sp³-hybridized carbons (Fsp3) is 0.742. The van der Waals surface area contributed by atoms with Gasteiger partial charge in [-0.2, -0.15) is 0 Å². The maximum absolute atomic E-state index is 13.6. The van der Waals surface area contributed by atoms with Gasteiger partial charge in [0, 0.05) is 12.5 Å². The van der Waals surface area contributed by atoms with Gasteiger partial charge in [0.15, 0.2) is 5.79 Å². The molecule has 2 aliphatic heterocycles. The van der Waals surface area contributed by atoms with Crippen LogP contribution in [0.25, 0.3) is 0 Å². The maximum Gasteiger partial charge on any atom is 0.329 e. The Balaban J connectivity index is 1.71. The standard InChI is InChI=1S/C31H49NO5/c1-7-25(19-24-13-9-8-10-14-24)29(22(4)5)36-30(34)26-15-11-12-18-32(26)28(33)20-31(35)23(6)16-17-27(37-31)21(2)3/h8-10,13-14,21-23,25-27,29,35H,7,11-12,15-20H2,1-6H3/t23-,25-,26+,27?,29+,31+/m1/s1. The van der Waals surface area contributed by atoms with Crippen molar-refractivity contribution in [1.82, 2.24) is 4.90 Å². The molecule has 0 bridgehead atoms. The molecule has 1 aromatic carbocycles. The van der Waals surface area contributed by atoms with E-state index in [1.807, 2.05) is 25.1 Å². The fourth-order valence-electron chi connectivity index (χ4n) is 5.95. The van der Waals surface area contributed by atoms with Crippen LogP contribution in [0.3, 0.4) is 0 Å². The third-order valence-electron chi connectivity index (χ3n) is 8.49. The number of aliphatic hydroxyl groups is 1. The van der Waals surface area contributed by atoms with Crippen LogP contribution >= 0.6 is 0 Å². The van der Waals surface area contributed by atoms with Crippen LogP contribution in [0.2, 0.25) is 0 Å². The molecule has 0 aliphatic carbocycles. The summed E-state index contributed by atoms with van der Waals surface area (Å²) in [5.41, 5.74) is 1.24. The van der Waals surface area contributed by atoms with Gasteiger partial charge in [0.05, 0.1) is 12.5 Å². The van der Waals surface area contributed by atoms with Gasteiger partial charge in [0.1, 0.15) is 12.1 Å². The molecule has 1 aromatic rings. The summed E-state index contributed by atoms with van der Waals surface area (Å²) < 4.78 is 12.3. The van der Waals surface area contributed by atoms with Crippen LogP contribution < -0.4 is 0 Å². The van der Waals surface area contributed by atoms with E-state index in [4.69, 9.17) is 9.47 Å². The summed E-state index contributed by atoms with van der Waals surface area (Å²) in [5.74, 6) is -1.56. The number of benzene rings is 1. The number of esters is 1. The minimum absolute atomic E-state index is 0.0708. The molecule has 37 heavy (non-hydrogen) atoms. The first-order valence-corrected chi connectivity index (χ1v) is 14.5. The Labute approximate surface area is 224 Å². The molecule has 6 atom stereocenters. The molecular formula is C31H49NO5. The Morgan fingerprint density at radius 3 is 2.43 bits per heavy atom. The number of carbonyl (C=O) groups is 2. The van der Waals surface area contributed by atoms with Crippen molar-refractivity contribution in [2.24, 2.45) is 23.7 Å². The second-order valence-electron chi connectivity index (χ2n) is 12.0. The number of carbonyl (C=O) groups excluding carboxylic acids is 2. The topological polar surface area (TPSA) is 76.1 Å². The number of likely N-dealkylation sites (tertiary alicyclic amines) is 1. The monoisotopic (exact) mass is 515 g/mol. The zero-order valence-electron chi connectivity index (χ0n) is 23.8. The molecule has 0 spiro atoms. The van der Waals surface area contributed by atoms with Gasteiger partial charge >= 0.3 is 5.97 Å². The number of amides is 1. The number of nitrogens with zero attached hydrogens (tertiary/aromatic N) is 1. The molecule has 0 aromatic heterocycles. The van der Waals surface area contributed by atoms with Crippen LogP contribution in [0.15, 0.2) is 30.3 Å². The lowest BCUT2D eigenvalue weighted by Crippen LogP contribution is -2.55. The predicted octanol–water partition coefficient (Wildman–Crippen LogP) is 5.75. The lowest BCUT2D eigenvalue weighted by Gasteiger charge is -2.44. The van der Waals surface area contributed by atoms with Gasteiger partial charge in [0.25, 0.3) is 0 Å². The SMILES string of the molecule is CC[C@H](Cc1ccccc1)[C@@H](OC(=O)[C@@H]1CCCCN1C(=O)C[C@]1(O)OC(C(C)C)CC[C@H]1C)C(C)C. The molecule has 208 valence electrons. The zero-order chi connectivity index (χ0) is 27.2. The molecule has 0 saturated carbocycles. The van der Waals surface area contributed by atoms with E-state index in [9.17, 15) is 14.7 Å². The second kappa shape index (κ2) is 13.2. The minimum atomic E-state index is -1.50. The molecular weight excluding hydrogens is 466 g/mol. The third kappa shape index (κ3) is 7.57. The molecule has 3 rings (SSSR count). The normalized spacial score (nSPS) is 28.2. The third-order valence-corrected chi connectivity index (χ3v) is 8.49. The van der Waals surface area contributed by atoms with Crippen molar-refractivity contribution in [3.8, 4) is 0 Å². The summed E-state index contributed by atoms with van der Waals surface area (Å²) in [6.45, 7) is 12.9. The van der Waals surface area contributed by atoms with Crippen molar-refractivity contribution in [3.05, 3.63) is 35.9 Å². The molecule has 2 saturated heterocycles. The van der Waals surface area contributed by atoms with Gasteiger partial charge in [-0.05, 0) is 68.3 Å². The van der Waals surface area contributed by atoms with E-state index in [-0.39, 0.29) is 54.2 Å². The second-order valence-corrected chi connectivity index (χ2v) is 12.0. The van der Waals surface area contributed by atoms with Crippen molar-refractivity contribution in [3.63, 3.8) is 0 Å². The first kappa shape index (κ1) is 29.6. The predicted molar refractivity (Wildman–Crippen MR) is 146 cm³/mol. The first-order chi connectivity index (χ1) is 17.6. The Morgan fingerprint density at radius 1 is 1.11 bits per heavy atom. The van der Waals surface area contributed by atoms with Gasteiger partial charge in [-0.15, -0.1) is 0 Å². The molecule has 1 amide bonds. The number of hydrogen-bond donors (Lipinski definition) is 1. The van der Waals surface area contributed by atoms with Crippen LogP contribution in [0, 0.1) is 23.7 Å². The Kier molecular flexibility index (Phi) is 10.6. The van der Waals surface area contributed by atoms with Crippen molar-refractivity contribution in [2.45, 2.75) is 117 Å². The van der Waals surface area contributed by atoms with Gasteiger partial charge < -0.3 is 19.5 Å². The molecule has 2 aliphatic rings. The zero-order valence-corrected chi connectivity index (χ0v) is 23.8. The average molecular weight is 516 g/mol. The highest BCUT2D eigenvalue weighted by Crippen LogP contribution is 2.38. The minimum Gasteiger partial charge on any atom is -0.460 e. The smallest absolute Gasteiger partial charge is 0.329 e. The van der Waals surface area contributed by atoms with Gasteiger partial charge in [-0.1, -0.05) is 71.9 Å². The van der Waals surface area contributed by atoms with E-state index >= 15 is 0 Å². The molecule has 1 unspecified atom stereocenters. The molecule has 6 heteroatoms. The highest BCUT2D eigenvalue weighted by molar-refractivity contribution is 5.85. The van der Waals surface area contributed by atoms with Crippen molar-refractivity contribution >= 4 is 11.9 Å². The number of rotatable bonds is 10. The molecule has 1 N–H and O–H groups in total. The molecule has 2 heterocycles. The molecule has 2 fully saturated rings. The first-order valence-electron chi connectivity index (χ1n) is 14.5. The summed E-state index contributed by atoms with van der Waals surface area (Å²) in [7, 11) is 0. The van der Waals surface area contributed by atoms with Crippen molar-refractivity contribution in [2.75, 3.05) is 6.54 Å². The van der Waals surface area contributed by atoms with Crippen LogP contribution in [0.5, 0.6) is 0 Å². The van der Waals surface area contributed by atoms with Crippen LogP contribution in [-0.2, 0) is 25.5 Å². The largest absolute Gasteiger partial charge is 0.460 e. The Bertz CT molecular complexity index is 872. The van der Waals surface area contributed by atoms with Gasteiger partial charge in [-0.3, -0.25) is 4.79 Å². The fourth-order valence-corrected chi connectivity index (χ4v) is 5.95. The van der Waals surface area contributed by atoms with Crippen LogP contribution in [0.1, 0.15) is 92.1 Å². The summed E-state index contributed by atoms with van der Waals surface area (Å²) in [4.78, 5) is 28.8. The number of hydrogen-bond acceptors (Lipinski definition) is 5. The number of ether oxygens (including phenoxy) is 2.